The molecule has 2 rings (SSSR count). The zero-order chi connectivity index (χ0) is 13.8. The second-order valence-corrected chi connectivity index (χ2v) is 7.08. The smallest absolute Gasteiger partial charge is 0.0416 e. The molecule has 0 heterocycles. The third-order valence-electron chi connectivity index (χ3n) is 3.10. The van der Waals surface area contributed by atoms with Crippen molar-refractivity contribution in [3.63, 3.8) is 0 Å². The lowest BCUT2D eigenvalue weighted by atomic mass is 10.0. The first-order chi connectivity index (χ1) is 9.06. The molecule has 0 amide bonds. The van der Waals surface area contributed by atoms with Gasteiger partial charge < -0.3 is 5.73 Å². The molecule has 19 heavy (non-hydrogen) atoms. The largest absolute Gasteiger partial charge is 0.323 e. The lowest BCUT2D eigenvalue weighted by Gasteiger charge is -2.20. The molecule has 0 aromatic heterocycles. The van der Waals surface area contributed by atoms with E-state index in [1.54, 1.807) is 0 Å². The van der Waals surface area contributed by atoms with Crippen molar-refractivity contribution < 1.29 is 0 Å². The van der Waals surface area contributed by atoms with Crippen molar-refractivity contribution in [1.29, 1.82) is 0 Å². The minimum Gasteiger partial charge on any atom is -0.323 e. The maximum absolute atomic E-state index is 6.34. The fourth-order valence-corrected chi connectivity index (χ4v) is 3.15. The van der Waals surface area contributed by atoms with Crippen molar-refractivity contribution in [3.05, 3.63) is 64.1 Å². The highest BCUT2D eigenvalue weighted by atomic mass is 79.9. The van der Waals surface area contributed by atoms with Gasteiger partial charge in [-0.05, 0) is 36.8 Å². The Morgan fingerprint density at radius 1 is 1.00 bits per heavy atom. The summed E-state index contributed by atoms with van der Waals surface area (Å²) in [7, 11) is 0. The van der Waals surface area contributed by atoms with E-state index < -0.39 is 0 Å². The molecular weight excluding hydrogens is 318 g/mol. The van der Waals surface area contributed by atoms with Crippen LogP contribution >= 0.6 is 27.7 Å². The number of halogens is 1. The number of hydrogen-bond acceptors (Lipinski definition) is 2. The molecule has 0 radical (unpaired) electrons. The molecule has 2 atom stereocenters. The van der Waals surface area contributed by atoms with E-state index in [1.807, 2.05) is 11.8 Å². The second-order valence-electron chi connectivity index (χ2n) is 4.71. The van der Waals surface area contributed by atoms with Gasteiger partial charge in [-0.1, -0.05) is 52.7 Å². The van der Waals surface area contributed by atoms with Crippen LogP contribution in [-0.4, -0.2) is 5.25 Å². The van der Waals surface area contributed by atoms with E-state index in [4.69, 9.17) is 5.73 Å². The summed E-state index contributed by atoms with van der Waals surface area (Å²) < 4.78 is 1.10. The van der Waals surface area contributed by atoms with Gasteiger partial charge in [-0.25, -0.2) is 0 Å². The topological polar surface area (TPSA) is 26.0 Å². The monoisotopic (exact) mass is 335 g/mol. The fourth-order valence-electron chi connectivity index (χ4n) is 1.86. The van der Waals surface area contributed by atoms with Crippen LogP contribution in [0.3, 0.4) is 0 Å². The number of benzene rings is 2. The standard InChI is InChI=1S/C16H18BrNS/c1-11-3-5-13(6-4-11)16(18)12(2)19-15-9-7-14(17)8-10-15/h3-10,12,16H,18H2,1-2H3. The lowest BCUT2D eigenvalue weighted by Crippen LogP contribution is -2.20. The average molecular weight is 336 g/mol. The van der Waals surface area contributed by atoms with Gasteiger partial charge in [0.2, 0.25) is 0 Å². The molecule has 2 unspecified atom stereocenters. The molecule has 0 aliphatic rings. The van der Waals surface area contributed by atoms with Crippen molar-refractivity contribution in [3.8, 4) is 0 Å². The van der Waals surface area contributed by atoms with Gasteiger partial charge in [0.1, 0.15) is 0 Å². The van der Waals surface area contributed by atoms with E-state index in [9.17, 15) is 0 Å². The van der Waals surface area contributed by atoms with Crippen LogP contribution in [0.2, 0.25) is 0 Å². The third kappa shape index (κ3) is 4.10. The summed E-state index contributed by atoms with van der Waals surface area (Å²) in [4.78, 5) is 1.25. The first-order valence-corrected chi connectivity index (χ1v) is 7.98. The SMILES string of the molecule is Cc1ccc(C(N)C(C)Sc2ccc(Br)cc2)cc1. The predicted molar refractivity (Wildman–Crippen MR) is 87.6 cm³/mol. The highest BCUT2D eigenvalue weighted by molar-refractivity contribution is 9.10. The Morgan fingerprint density at radius 2 is 1.58 bits per heavy atom. The van der Waals surface area contributed by atoms with Gasteiger partial charge in [0.05, 0.1) is 0 Å². The fraction of sp³-hybridized carbons (Fsp3) is 0.250. The number of hydrogen-bond donors (Lipinski definition) is 1. The summed E-state index contributed by atoms with van der Waals surface area (Å²) in [5, 5.41) is 0.337. The molecule has 1 nitrogen and oxygen atoms in total. The van der Waals surface area contributed by atoms with Crippen LogP contribution < -0.4 is 5.73 Å². The zero-order valence-corrected chi connectivity index (χ0v) is 13.5. The number of aryl methyl sites for hydroxylation is 1. The van der Waals surface area contributed by atoms with Crippen LogP contribution in [0.1, 0.15) is 24.1 Å². The first kappa shape index (κ1) is 14.6. The minimum absolute atomic E-state index is 0.0502. The van der Waals surface area contributed by atoms with E-state index in [2.05, 4.69) is 78.3 Å². The van der Waals surface area contributed by atoms with Crippen molar-refractivity contribution in [2.45, 2.75) is 30.0 Å². The first-order valence-electron chi connectivity index (χ1n) is 6.30. The van der Waals surface area contributed by atoms with E-state index in [0.717, 1.165) is 4.47 Å². The predicted octanol–water partition coefficient (Wildman–Crippen LogP) is 4.94. The summed E-state index contributed by atoms with van der Waals surface area (Å²) in [5.74, 6) is 0. The summed E-state index contributed by atoms with van der Waals surface area (Å²) in [6.07, 6.45) is 0. The molecule has 0 bridgehead atoms. The van der Waals surface area contributed by atoms with Crippen LogP contribution in [0.5, 0.6) is 0 Å². The molecule has 2 aromatic carbocycles. The van der Waals surface area contributed by atoms with Crippen molar-refractivity contribution in [1.82, 2.24) is 0 Å². The molecule has 2 aromatic rings. The third-order valence-corrected chi connectivity index (χ3v) is 4.84. The lowest BCUT2D eigenvalue weighted by molar-refractivity contribution is 0.715. The molecule has 0 saturated carbocycles. The van der Waals surface area contributed by atoms with Gasteiger partial charge in [-0.3, -0.25) is 0 Å². The van der Waals surface area contributed by atoms with Crippen LogP contribution in [0, 0.1) is 6.92 Å². The normalized spacial score (nSPS) is 14.1. The molecule has 0 saturated heterocycles. The average Bonchev–Trinajstić information content (AvgIpc) is 2.41. The highest BCUT2D eigenvalue weighted by Crippen LogP contribution is 2.31. The Hall–Kier alpha value is -0.770. The van der Waals surface area contributed by atoms with Gasteiger partial charge in [-0.2, -0.15) is 0 Å². The molecule has 2 N–H and O–H groups in total. The molecule has 0 spiro atoms. The van der Waals surface area contributed by atoms with Crippen LogP contribution in [0.15, 0.2) is 57.9 Å². The van der Waals surface area contributed by atoms with E-state index in [1.165, 1.54) is 16.0 Å². The highest BCUT2D eigenvalue weighted by Gasteiger charge is 2.15. The maximum Gasteiger partial charge on any atom is 0.0416 e. The number of thioether (sulfide) groups is 1. The van der Waals surface area contributed by atoms with Crippen LogP contribution in [-0.2, 0) is 0 Å². The van der Waals surface area contributed by atoms with Crippen molar-refractivity contribution >= 4 is 27.7 Å². The molecule has 3 heteroatoms. The Kier molecular flexibility index (Phi) is 5.08. The molecule has 0 fully saturated rings. The van der Waals surface area contributed by atoms with E-state index in [-0.39, 0.29) is 6.04 Å². The number of rotatable bonds is 4. The quantitative estimate of drug-likeness (QED) is 0.801. The van der Waals surface area contributed by atoms with Crippen LogP contribution in [0.25, 0.3) is 0 Å². The Labute approximate surface area is 127 Å². The Bertz CT molecular complexity index is 521. The van der Waals surface area contributed by atoms with E-state index >= 15 is 0 Å². The summed E-state index contributed by atoms with van der Waals surface area (Å²) in [6.45, 7) is 4.27. The van der Waals surface area contributed by atoms with Gasteiger partial charge in [0.25, 0.3) is 0 Å². The van der Waals surface area contributed by atoms with Gasteiger partial charge >= 0.3 is 0 Å². The summed E-state index contributed by atoms with van der Waals surface area (Å²) in [5.41, 5.74) is 8.80. The minimum atomic E-state index is 0.0502. The second kappa shape index (κ2) is 6.60. The summed E-state index contributed by atoms with van der Waals surface area (Å²) >= 11 is 5.26. The maximum atomic E-state index is 6.34. The van der Waals surface area contributed by atoms with Gasteiger partial charge in [-0.15, -0.1) is 11.8 Å². The summed E-state index contributed by atoms with van der Waals surface area (Å²) in [6, 6.07) is 16.9. The zero-order valence-electron chi connectivity index (χ0n) is 11.1. The van der Waals surface area contributed by atoms with Crippen molar-refractivity contribution in [2.75, 3.05) is 0 Å². The Balaban J connectivity index is 2.04. The van der Waals surface area contributed by atoms with Gasteiger partial charge in [0.15, 0.2) is 0 Å². The van der Waals surface area contributed by atoms with Crippen LogP contribution in [0.4, 0.5) is 0 Å². The van der Waals surface area contributed by atoms with Crippen molar-refractivity contribution in [2.24, 2.45) is 5.73 Å². The molecular formula is C16H18BrNS. The van der Waals surface area contributed by atoms with Gasteiger partial charge in [0, 0.05) is 20.7 Å². The van der Waals surface area contributed by atoms with E-state index in [0.29, 0.717) is 5.25 Å². The molecule has 100 valence electrons. The molecule has 0 aliphatic heterocycles. The Morgan fingerprint density at radius 3 is 2.16 bits per heavy atom. The number of nitrogens with two attached hydrogens (primary N) is 1. The molecule has 0 aliphatic carbocycles.